The van der Waals surface area contributed by atoms with Crippen molar-refractivity contribution < 1.29 is 33.0 Å². The number of carboxylic acid groups (broad SMARTS) is 2. The molecule has 2 heterocycles. The van der Waals surface area contributed by atoms with Gasteiger partial charge in [0.1, 0.15) is 6.04 Å². The van der Waals surface area contributed by atoms with Gasteiger partial charge in [0.2, 0.25) is 0 Å². The molecular formula is C12H14F3NO4S. The molecule has 1 fully saturated rings. The molecule has 21 heavy (non-hydrogen) atoms. The van der Waals surface area contributed by atoms with Crippen molar-refractivity contribution in [3.05, 3.63) is 22.4 Å². The molecule has 118 valence electrons. The number of alkyl halides is 3. The Labute approximate surface area is 122 Å². The van der Waals surface area contributed by atoms with Gasteiger partial charge >= 0.3 is 18.1 Å². The Balaban J connectivity index is 0.000000270. The summed E-state index contributed by atoms with van der Waals surface area (Å²) in [6.07, 6.45) is -2.85. The first-order chi connectivity index (χ1) is 9.73. The minimum absolute atomic E-state index is 0.427. The topological polar surface area (TPSA) is 77.8 Å². The number of carbonyl (C=O) groups is 2. The number of carboxylic acids is 2. The molecule has 1 saturated heterocycles. The molecule has 5 nitrogen and oxygen atoms in total. The predicted octanol–water partition coefficient (Wildman–Crippen LogP) is 2.60. The summed E-state index contributed by atoms with van der Waals surface area (Å²) in [5.41, 5.74) is 0.921. The third-order valence-electron chi connectivity index (χ3n) is 2.84. The van der Waals surface area contributed by atoms with Gasteiger partial charge in [-0.3, -0.25) is 9.69 Å². The summed E-state index contributed by atoms with van der Waals surface area (Å²) in [6.45, 7) is 1.82. The predicted molar refractivity (Wildman–Crippen MR) is 69.2 cm³/mol. The van der Waals surface area contributed by atoms with Gasteiger partial charge in [0, 0.05) is 0 Å². The van der Waals surface area contributed by atoms with E-state index in [2.05, 4.69) is 0 Å². The second kappa shape index (κ2) is 7.41. The van der Waals surface area contributed by atoms with E-state index >= 15 is 0 Å². The van der Waals surface area contributed by atoms with E-state index in [0.29, 0.717) is 0 Å². The van der Waals surface area contributed by atoms with Crippen molar-refractivity contribution in [2.24, 2.45) is 0 Å². The molecule has 0 bridgehead atoms. The van der Waals surface area contributed by atoms with Gasteiger partial charge in [-0.15, -0.1) is 0 Å². The number of hydrogen-bond donors (Lipinski definition) is 2. The van der Waals surface area contributed by atoms with Gasteiger partial charge in [-0.2, -0.15) is 24.5 Å². The van der Waals surface area contributed by atoms with E-state index in [-0.39, 0.29) is 0 Å². The van der Waals surface area contributed by atoms with Crippen LogP contribution in [-0.4, -0.2) is 46.3 Å². The molecule has 1 aromatic heterocycles. The van der Waals surface area contributed by atoms with Gasteiger partial charge in [-0.1, -0.05) is 0 Å². The Morgan fingerprint density at radius 1 is 1.24 bits per heavy atom. The van der Waals surface area contributed by atoms with Crippen LogP contribution in [0.2, 0.25) is 0 Å². The Kier molecular flexibility index (Phi) is 6.16. The fourth-order valence-corrected chi connectivity index (χ4v) is 2.62. The third-order valence-corrected chi connectivity index (χ3v) is 3.54. The first kappa shape index (κ1) is 17.4. The largest absolute Gasteiger partial charge is 0.490 e. The Bertz CT molecular complexity index is 469. The van der Waals surface area contributed by atoms with Gasteiger partial charge in [0.15, 0.2) is 0 Å². The highest BCUT2D eigenvalue weighted by Gasteiger charge is 2.38. The quantitative estimate of drug-likeness (QED) is 0.893. The summed E-state index contributed by atoms with van der Waals surface area (Å²) in [5.74, 6) is -3.49. The lowest BCUT2D eigenvalue weighted by atomic mass is 10.1. The lowest BCUT2D eigenvalue weighted by molar-refractivity contribution is -0.192. The summed E-state index contributed by atoms with van der Waals surface area (Å²) in [7, 11) is 0. The van der Waals surface area contributed by atoms with Crippen molar-refractivity contribution >= 4 is 23.3 Å². The van der Waals surface area contributed by atoms with E-state index < -0.39 is 24.2 Å². The molecular weight excluding hydrogens is 311 g/mol. The SMILES string of the molecule is O=C(O)C(F)(F)F.O=C(O)[C@@H](c1ccsc1)N1CCCC1. The van der Waals surface area contributed by atoms with Crippen LogP contribution in [0.4, 0.5) is 13.2 Å². The van der Waals surface area contributed by atoms with Crippen LogP contribution in [-0.2, 0) is 9.59 Å². The van der Waals surface area contributed by atoms with Crippen molar-refractivity contribution in [2.45, 2.75) is 25.1 Å². The van der Waals surface area contributed by atoms with Gasteiger partial charge < -0.3 is 10.2 Å². The molecule has 2 rings (SSSR count). The lowest BCUT2D eigenvalue weighted by Crippen LogP contribution is -2.31. The number of nitrogens with zero attached hydrogens (tertiary/aromatic N) is 1. The zero-order valence-electron chi connectivity index (χ0n) is 10.8. The molecule has 0 aliphatic carbocycles. The van der Waals surface area contributed by atoms with Crippen LogP contribution >= 0.6 is 11.3 Å². The van der Waals surface area contributed by atoms with Crippen LogP contribution in [0.25, 0.3) is 0 Å². The molecule has 0 radical (unpaired) electrons. The number of hydrogen-bond acceptors (Lipinski definition) is 4. The first-order valence-electron chi connectivity index (χ1n) is 6.02. The highest BCUT2D eigenvalue weighted by atomic mass is 32.1. The highest BCUT2D eigenvalue weighted by Crippen LogP contribution is 2.26. The molecule has 0 amide bonds. The zero-order valence-corrected chi connectivity index (χ0v) is 11.7. The van der Waals surface area contributed by atoms with Crippen LogP contribution in [0, 0.1) is 0 Å². The third kappa shape index (κ3) is 5.35. The van der Waals surface area contributed by atoms with Crippen molar-refractivity contribution in [1.29, 1.82) is 0 Å². The Morgan fingerprint density at radius 2 is 1.76 bits per heavy atom. The minimum Gasteiger partial charge on any atom is -0.480 e. The second-order valence-electron chi connectivity index (χ2n) is 4.34. The van der Waals surface area contributed by atoms with E-state index in [1.54, 1.807) is 11.3 Å². The lowest BCUT2D eigenvalue weighted by Gasteiger charge is -2.22. The smallest absolute Gasteiger partial charge is 0.480 e. The van der Waals surface area contributed by atoms with E-state index in [0.717, 1.165) is 31.5 Å². The molecule has 0 aromatic carbocycles. The van der Waals surface area contributed by atoms with Gasteiger partial charge in [0.25, 0.3) is 0 Å². The van der Waals surface area contributed by atoms with Crippen molar-refractivity contribution in [1.82, 2.24) is 4.90 Å². The summed E-state index contributed by atoms with van der Waals surface area (Å²) >= 11 is 1.55. The van der Waals surface area contributed by atoms with Crippen LogP contribution < -0.4 is 0 Å². The average molecular weight is 325 g/mol. The molecule has 2 N–H and O–H groups in total. The van der Waals surface area contributed by atoms with Gasteiger partial charge in [-0.05, 0) is 48.3 Å². The molecule has 1 aromatic rings. The minimum atomic E-state index is -5.08. The molecule has 1 atom stereocenters. The first-order valence-corrected chi connectivity index (χ1v) is 6.97. The van der Waals surface area contributed by atoms with Crippen LogP contribution in [0.1, 0.15) is 24.4 Å². The molecule has 0 saturated carbocycles. The summed E-state index contributed by atoms with van der Waals surface area (Å²) < 4.78 is 31.7. The fraction of sp³-hybridized carbons (Fsp3) is 0.500. The molecule has 1 aliphatic rings. The number of likely N-dealkylation sites (tertiary alicyclic amines) is 1. The maximum atomic E-state index is 11.1. The number of halogens is 3. The van der Waals surface area contributed by atoms with E-state index in [1.807, 2.05) is 21.7 Å². The number of aliphatic carboxylic acids is 2. The maximum absolute atomic E-state index is 11.1. The van der Waals surface area contributed by atoms with Gasteiger partial charge in [-0.25, -0.2) is 4.79 Å². The fourth-order valence-electron chi connectivity index (χ4n) is 1.94. The summed E-state index contributed by atoms with van der Waals surface area (Å²) in [6, 6.07) is 1.48. The molecule has 9 heteroatoms. The number of thiophene rings is 1. The summed E-state index contributed by atoms with van der Waals surface area (Å²) in [4.78, 5) is 22.1. The van der Waals surface area contributed by atoms with Crippen molar-refractivity contribution in [2.75, 3.05) is 13.1 Å². The van der Waals surface area contributed by atoms with Crippen LogP contribution in [0.5, 0.6) is 0 Å². The van der Waals surface area contributed by atoms with E-state index in [4.69, 9.17) is 15.0 Å². The maximum Gasteiger partial charge on any atom is 0.490 e. The highest BCUT2D eigenvalue weighted by molar-refractivity contribution is 7.08. The normalized spacial score (nSPS) is 16.9. The standard InChI is InChI=1S/C10H13NO2S.C2HF3O2/c12-10(13)9(8-3-6-14-7-8)11-4-1-2-5-11;3-2(4,5)1(6)7/h3,6-7,9H,1-2,4-5H2,(H,12,13);(H,6,7)/t9-;/m1./s1. The molecule has 0 spiro atoms. The second-order valence-corrected chi connectivity index (χ2v) is 5.12. The van der Waals surface area contributed by atoms with Crippen LogP contribution in [0.15, 0.2) is 16.8 Å². The van der Waals surface area contributed by atoms with Gasteiger partial charge in [0.05, 0.1) is 0 Å². The van der Waals surface area contributed by atoms with E-state index in [1.165, 1.54) is 0 Å². The molecule has 1 aliphatic heterocycles. The number of rotatable bonds is 3. The average Bonchev–Trinajstić information content (AvgIpc) is 3.01. The zero-order chi connectivity index (χ0) is 16.0. The van der Waals surface area contributed by atoms with Crippen LogP contribution in [0.3, 0.4) is 0 Å². The Hall–Kier alpha value is -1.61. The monoisotopic (exact) mass is 325 g/mol. The van der Waals surface area contributed by atoms with Crippen molar-refractivity contribution in [3.63, 3.8) is 0 Å². The van der Waals surface area contributed by atoms with Crippen molar-refractivity contribution in [3.8, 4) is 0 Å². The summed E-state index contributed by atoms with van der Waals surface area (Å²) in [5, 5.41) is 20.2. The molecule has 0 unspecified atom stereocenters. The Morgan fingerprint density at radius 3 is 2.10 bits per heavy atom. The van der Waals surface area contributed by atoms with E-state index in [9.17, 15) is 18.0 Å².